The lowest BCUT2D eigenvalue weighted by molar-refractivity contribution is -0.153. The summed E-state index contributed by atoms with van der Waals surface area (Å²) < 4.78 is 24.9. The van der Waals surface area contributed by atoms with E-state index in [1.54, 1.807) is 17.0 Å². The Balaban J connectivity index is 1.28. The lowest BCUT2D eigenvalue weighted by Crippen LogP contribution is -2.43. The Bertz CT molecular complexity index is 1340. The van der Waals surface area contributed by atoms with Crippen LogP contribution in [0.5, 0.6) is 11.5 Å². The first-order valence-electron chi connectivity index (χ1n) is 13.8. The van der Waals surface area contributed by atoms with Crippen molar-refractivity contribution >= 4 is 12.0 Å². The number of benzene rings is 3. The predicted octanol–water partition coefficient (Wildman–Crippen LogP) is 6.29. The summed E-state index contributed by atoms with van der Waals surface area (Å²) in [4.78, 5) is 28.5. The minimum absolute atomic E-state index is 0.0172. The summed E-state index contributed by atoms with van der Waals surface area (Å²) in [6.45, 7) is 9.70. The van der Waals surface area contributed by atoms with Gasteiger partial charge in [-0.05, 0) is 65.4 Å². The first-order chi connectivity index (χ1) is 19.3. The molecule has 2 amide bonds. The van der Waals surface area contributed by atoms with E-state index in [2.05, 4.69) is 45.0 Å². The van der Waals surface area contributed by atoms with Crippen LogP contribution in [0.4, 0.5) is 9.18 Å². The van der Waals surface area contributed by atoms with Gasteiger partial charge in [-0.1, -0.05) is 57.2 Å². The van der Waals surface area contributed by atoms with E-state index in [4.69, 9.17) is 9.47 Å². The monoisotopic (exact) mass is 562 g/mol. The molecular weight excluding hydrogens is 523 g/mol. The zero-order chi connectivity index (χ0) is 29.8. The minimum Gasteiger partial charge on any atom is -0.494 e. The van der Waals surface area contributed by atoms with E-state index >= 15 is 0 Å². The number of carboxylic acids is 1. The quantitative estimate of drug-likeness (QED) is 0.297. The number of ether oxygens (including phenoxy) is 2. The summed E-state index contributed by atoms with van der Waals surface area (Å²) in [5, 5.41) is 9.81. The van der Waals surface area contributed by atoms with Crippen LogP contribution in [0.2, 0.25) is 0 Å². The first-order valence-corrected chi connectivity index (χ1v) is 13.8. The third-order valence-corrected chi connectivity index (χ3v) is 7.54. The molecule has 2 atom stereocenters. The van der Waals surface area contributed by atoms with Crippen molar-refractivity contribution in [2.45, 2.75) is 64.1 Å². The van der Waals surface area contributed by atoms with Crippen LogP contribution in [0.15, 0.2) is 72.8 Å². The standard InChI is InChI=1S/C33H39FN2O5/c1-32(2,3)25-10-6-24(7-11-25)21-36-22-27(35(5)31(36)39)18-19-40-28-14-8-23(9-15-28)20-33(4,30(37)38)41-29-16-12-26(34)13-17-29/h6-17,27H,18-22H2,1-5H3,(H,37,38)/t27-,33-/m0/s1. The van der Waals surface area contributed by atoms with E-state index in [9.17, 15) is 19.1 Å². The molecule has 1 aliphatic rings. The molecule has 1 aliphatic heterocycles. The molecule has 0 saturated carbocycles. The van der Waals surface area contributed by atoms with Crippen molar-refractivity contribution in [3.05, 3.63) is 95.3 Å². The Morgan fingerprint density at radius 1 is 0.927 bits per heavy atom. The molecule has 1 N–H and O–H groups in total. The Hall–Kier alpha value is -4.07. The van der Waals surface area contributed by atoms with Gasteiger partial charge in [0, 0.05) is 33.0 Å². The Morgan fingerprint density at radius 3 is 2.10 bits per heavy atom. The van der Waals surface area contributed by atoms with Crippen LogP contribution in [0.1, 0.15) is 50.8 Å². The first kappa shape index (κ1) is 29.9. The van der Waals surface area contributed by atoms with E-state index in [-0.39, 0.29) is 29.7 Å². The molecule has 0 aliphatic carbocycles. The molecule has 0 radical (unpaired) electrons. The van der Waals surface area contributed by atoms with E-state index in [0.717, 1.165) is 11.1 Å². The SMILES string of the molecule is CN1C(=O)N(Cc2ccc(C(C)(C)C)cc2)C[C@@H]1CCOc1ccc(C[C@](C)(Oc2ccc(F)cc2)C(=O)O)cc1. The number of carboxylic acid groups (broad SMARTS) is 1. The summed E-state index contributed by atoms with van der Waals surface area (Å²) in [6.07, 6.45) is 0.801. The molecule has 0 bridgehead atoms. The van der Waals surface area contributed by atoms with E-state index < -0.39 is 17.4 Å². The number of likely N-dealkylation sites (N-methyl/N-ethyl adjacent to an activating group) is 1. The van der Waals surface area contributed by atoms with Gasteiger partial charge in [-0.3, -0.25) is 0 Å². The fourth-order valence-corrected chi connectivity index (χ4v) is 4.91. The number of nitrogens with zero attached hydrogens (tertiary/aromatic N) is 2. The second-order valence-electron chi connectivity index (χ2n) is 11.9. The van der Waals surface area contributed by atoms with Gasteiger partial charge in [0.15, 0.2) is 0 Å². The van der Waals surface area contributed by atoms with Gasteiger partial charge in [-0.2, -0.15) is 0 Å². The predicted molar refractivity (Wildman–Crippen MR) is 156 cm³/mol. The van der Waals surface area contributed by atoms with E-state index in [1.807, 2.05) is 24.1 Å². The maximum Gasteiger partial charge on any atom is 0.348 e. The smallest absolute Gasteiger partial charge is 0.348 e. The van der Waals surface area contributed by atoms with Crippen LogP contribution in [-0.2, 0) is 23.2 Å². The fraction of sp³-hybridized carbons (Fsp3) is 0.394. The normalized spacial score (nSPS) is 16.9. The molecule has 1 saturated heterocycles. The molecule has 1 heterocycles. The summed E-state index contributed by atoms with van der Waals surface area (Å²) in [6, 6.07) is 21.0. The minimum atomic E-state index is -1.53. The van der Waals surface area contributed by atoms with Crippen molar-refractivity contribution in [2.75, 3.05) is 20.2 Å². The molecule has 0 aromatic heterocycles. The number of amides is 2. The lowest BCUT2D eigenvalue weighted by atomic mass is 9.87. The summed E-state index contributed by atoms with van der Waals surface area (Å²) in [5.74, 6) is -0.597. The topological polar surface area (TPSA) is 79.3 Å². The van der Waals surface area contributed by atoms with E-state index in [1.165, 1.54) is 36.8 Å². The number of rotatable bonds is 11. The fourth-order valence-electron chi connectivity index (χ4n) is 4.91. The number of carbonyl (C=O) groups excluding carboxylic acids is 1. The summed E-state index contributed by atoms with van der Waals surface area (Å²) in [7, 11) is 1.83. The van der Waals surface area contributed by atoms with Crippen LogP contribution in [0, 0.1) is 5.82 Å². The average Bonchev–Trinajstić information content (AvgIpc) is 3.18. The highest BCUT2D eigenvalue weighted by atomic mass is 19.1. The zero-order valence-electron chi connectivity index (χ0n) is 24.4. The van der Waals surface area contributed by atoms with Gasteiger partial charge in [-0.25, -0.2) is 14.0 Å². The van der Waals surface area contributed by atoms with Crippen LogP contribution in [-0.4, -0.2) is 58.7 Å². The van der Waals surface area contributed by atoms with Crippen molar-refractivity contribution in [1.29, 1.82) is 0 Å². The maximum absolute atomic E-state index is 13.2. The van der Waals surface area contributed by atoms with Gasteiger partial charge in [-0.15, -0.1) is 0 Å². The Labute approximate surface area is 241 Å². The van der Waals surface area contributed by atoms with E-state index in [0.29, 0.717) is 31.9 Å². The highest BCUT2D eigenvalue weighted by molar-refractivity contribution is 5.78. The molecule has 7 nitrogen and oxygen atoms in total. The van der Waals surface area contributed by atoms with Crippen LogP contribution >= 0.6 is 0 Å². The number of carbonyl (C=O) groups is 2. The summed E-state index contributed by atoms with van der Waals surface area (Å²) >= 11 is 0. The third kappa shape index (κ3) is 7.57. The van der Waals surface area contributed by atoms with Crippen molar-refractivity contribution in [1.82, 2.24) is 9.80 Å². The largest absolute Gasteiger partial charge is 0.494 e. The zero-order valence-corrected chi connectivity index (χ0v) is 24.4. The number of aliphatic carboxylic acids is 1. The molecule has 0 spiro atoms. The van der Waals surface area contributed by atoms with Crippen LogP contribution < -0.4 is 9.47 Å². The van der Waals surface area contributed by atoms with Crippen LogP contribution in [0.25, 0.3) is 0 Å². The van der Waals surface area contributed by atoms with Crippen molar-refractivity contribution < 1.29 is 28.6 Å². The molecule has 218 valence electrons. The second kappa shape index (κ2) is 12.2. The number of urea groups is 1. The van der Waals surface area contributed by atoms with Gasteiger partial charge in [0.05, 0.1) is 12.6 Å². The highest BCUT2D eigenvalue weighted by Gasteiger charge is 2.36. The lowest BCUT2D eigenvalue weighted by Gasteiger charge is -2.26. The molecule has 8 heteroatoms. The molecule has 41 heavy (non-hydrogen) atoms. The van der Waals surface area contributed by atoms with Gasteiger partial charge >= 0.3 is 12.0 Å². The molecule has 3 aromatic carbocycles. The maximum atomic E-state index is 13.2. The van der Waals surface area contributed by atoms with Crippen molar-refractivity contribution in [3.63, 3.8) is 0 Å². The molecule has 1 fully saturated rings. The van der Waals surface area contributed by atoms with Gasteiger partial charge < -0.3 is 24.4 Å². The molecule has 0 unspecified atom stereocenters. The van der Waals surface area contributed by atoms with Crippen molar-refractivity contribution in [2.24, 2.45) is 0 Å². The van der Waals surface area contributed by atoms with Crippen LogP contribution in [0.3, 0.4) is 0 Å². The molecule has 4 rings (SSSR count). The summed E-state index contributed by atoms with van der Waals surface area (Å²) in [5.41, 5.74) is 1.70. The third-order valence-electron chi connectivity index (χ3n) is 7.54. The number of halogens is 1. The average molecular weight is 563 g/mol. The van der Waals surface area contributed by atoms with Crippen molar-refractivity contribution in [3.8, 4) is 11.5 Å². The Kier molecular flexibility index (Phi) is 8.90. The molecule has 3 aromatic rings. The Morgan fingerprint density at radius 2 is 1.51 bits per heavy atom. The molecular formula is C33H39FN2O5. The number of hydrogen-bond donors (Lipinski definition) is 1. The number of hydrogen-bond acceptors (Lipinski definition) is 4. The highest BCUT2D eigenvalue weighted by Crippen LogP contribution is 2.26. The van der Waals surface area contributed by atoms with Gasteiger partial charge in [0.25, 0.3) is 0 Å². The second-order valence-corrected chi connectivity index (χ2v) is 11.9. The van der Waals surface area contributed by atoms with Gasteiger partial charge in [0.2, 0.25) is 5.60 Å². The van der Waals surface area contributed by atoms with Gasteiger partial charge in [0.1, 0.15) is 17.3 Å².